The Morgan fingerprint density at radius 3 is 2.61 bits per heavy atom. The predicted octanol–water partition coefficient (Wildman–Crippen LogP) is 1.91. The molecule has 1 aromatic rings. The fraction of sp³-hybridized carbons (Fsp3) is 0.286. The van der Waals surface area contributed by atoms with E-state index in [2.05, 4.69) is 0 Å². The van der Waals surface area contributed by atoms with Gasteiger partial charge in [0, 0.05) is 0 Å². The van der Waals surface area contributed by atoms with Gasteiger partial charge in [-0.1, -0.05) is 30.3 Å². The topological polar surface area (TPSA) is 70.3 Å². The molecule has 0 bridgehead atoms. The molecule has 1 N–H and O–H groups in total. The van der Waals surface area contributed by atoms with Crippen LogP contribution in [-0.2, 0) is 9.53 Å². The minimum absolute atomic E-state index is 0.0712. The summed E-state index contributed by atoms with van der Waals surface area (Å²) >= 11 is 0. The van der Waals surface area contributed by atoms with E-state index in [1.54, 1.807) is 37.3 Å². The molecule has 0 aliphatic rings. The summed E-state index contributed by atoms with van der Waals surface area (Å²) in [6.07, 6.45) is 1.46. The van der Waals surface area contributed by atoms with Crippen LogP contribution >= 0.6 is 0 Å². The Hall–Kier alpha value is -2.12. The average molecular weight is 245 g/mol. The van der Waals surface area contributed by atoms with E-state index in [1.165, 1.54) is 13.0 Å². The Balaban J connectivity index is 3.18. The largest absolute Gasteiger partial charge is 0.463 e. The lowest BCUT2D eigenvalue weighted by molar-refractivity contribution is -0.140. The first-order valence-corrected chi connectivity index (χ1v) is 5.59. The summed E-state index contributed by atoms with van der Waals surface area (Å²) in [7, 11) is 0. The number of esters is 1. The van der Waals surface area contributed by atoms with Gasteiger partial charge in [-0.3, -0.25) is 0 Å². The van der Waals surface area contributed by atoms with Gasteiger partial charge in [0.25, 0.3) is 0 Å². The van der Waals surface area contributed by atoms with E-state index in [1.807, 2.05) is 6.07 Å². The fourth-order valence-electron chi connectivity index (χ4n) is 1.38. The van der Waals surface area contributed by atoms with Gasteiger partial charge in [0.1, 0.15) is 6.07 Å². The molecule has 0 fully saturated rings. The number of nitrogens with zero attached hydrogens (tertiary/aromatic N) is 1. The molecule has 0 spiro atoms. The molecule has 0 radical (unpaired) electrons. The maximum absolute atomic E-state index is 11.8. The van der Waals surface area contributed by atoms with Crippen LogP contribution in [0, 0.1) is 11.3 Å². The van der Waals surface area contributed by atoms with Gasteiger partial charge >= 0.3 is 5.97 Å². The van der Waals surface area contributed by atoms with Gasteiger partial charge in [-0.25, -0.2) is 4.79 Å². The van der Waals surface area contributed by atoms with Crippen LogP contribution in [0.2, 0.25) is 0 Å². The molecule has 0 amide bonds. The standard InChI is InChI=1S/C14H15NO3/c1-3-18-13(16)12(14(2,17)10-15)9-11-7-5-4-6-8-11/h4-9,17H,3H2,1-2H3/b12-9-. The van der Waals surface area contributed by atoms with Crippen LogP contribution in [0.15, 0.2) is 35.9 Å². The van der Waals surface area contributed by atoms with Crippen LogP contribution in [0.25, 0.3) is 6.08 Å². The number of carbonyl (C=O) groups excluding carboxylic acids is 1. The first-order chi connectivity index (χ1) is 8.51. The second-order valence-corrected chi connectivity index (χ2v) is 3.87. The highest BCUT2D eigenvalue weighted by atomic mass is 16.5. The second-order valence-electron chi connectivity index (χ2n) is 3.87. The molecule has 0 aromatic heterocycles. The SMILES string of the molecule is CCOC(=O)/C(=C/c1ccccc1)C(C)(O)C#N. The van der Waals surface area contributed by atoms with Crippen molar-refractivity contribution in [3.63, 3.8) is 0 Å². The first kappa shape index (κ1) is 13.9. The van der Waals surface area contributed by atoms with E-state index >= 15 is 0 Å². The third kappa shape index (κ3) is 3.44. The third-order valence-electron chi connectivity index (χ3n) is 2.35. The van der Waals surface area contributed by atoms with Crippen molar-refractivity contribution in [3.8, 4) is 6.07 Å². The van der Waals surface area contributed by atoms with Gasteiger partial charge in [0.15, 0.2) is 5.60 Å². The van der Waals surface area contributed by atoms with E-state index < -0.39 is 11.6 Å². The minimum atomic E-state index is -1.87. The molecule has 94 valence electrons. The maximum atomic E-state index is 11.8. The van der Waals surface area contributed by atoms with Crippen molar-refractivity contribution in [1.29, 1.82) is 5.26 Å². The molecule has 0 aliphatic carbocycles. The van der Waals surface area contributed by atoms with Crippen LogP contribution in [-0.4, -0.2) is 23.3 Å². The van der Waals surface area contributed by atoms with Crippen molar-refractivity contribution < 1.29 is 14.6 Å². The monoisotopic (exact) mass is 245 g/mol. The molecule has 0 saturated heterocycles. The highest BCUT2D eigenvalue weighted by Gasteiger charge is 2.32. The summed E-state index contributed by atoms with van der Waals surface area (Å²) in [5.41, 5.74) is -1.23. The van der Waals surface area contributed by atoms with Crippen LogP contribution in [0.4, 0.5) is 0 Å². The Morgan fingerprint density at radius 1 is 1.50 bits per heavy atom. The van der Waals surface area contributed by atoms with E-state index in [-0.39, 0.29) is 12.2 Å². The predicted molar refractivity (Wildman–Crippen MR) is 67.3 cm³/mol. The second kappa shape index (κ2) is 5.99. The maximum Gasteiger partial charge on any atom is 0.338 e. The molecule has 4 heteroatoms. The van der Waals surface area contributed by atoms with Gasteiger partial charge in [0.2, 0.25) is 0 Å². The Labute approximate surface area is 106 Å². The van der Waals surface area contributed by atoms with Gasteiger partial charge in [0.05, 0.1) is 12.2 Å². The molecule has 1 aromatic carbocycles. The van der Waals surface area contributed by atoms with Crippen molar-refractivity contribution in [2.45, 2.75) is 19.4 Å². The van der Waals surface area contributed by atoms with Crippen molar-refractivity contribution >= 4 is 12.0 Å². The summed E-state index contributed by atoms with van der Waals surface area (Å²) in [6.45, 7) is 3.12. The minimum Gasteiger partial charge on any atom is -0.463 e. The number of aliphatic hydroxyl groups is 1. The van der Waals surface area contributed by atoms with Crippen LogP contribution < -0.4 is 0 Å². The lowest BCUT2D eigenvalue weighted by Crippen LogP contribution is -2.30. The molecule has 0 heterocycles. The van der Waals surface area contributed by atoms with E-state index in [4.69, 9.17) is 10.00 Å². The Kier molecular flexibility index (Phi) is 4.64. The third-order valence-corrected chi connectivity index (χ3v) is 2.35. The van der Waals surface area contributed by atoms with Gasteiger partial charge < -0.3 is 9.84 Å². The summed E-state index contributed by atoms with van der Waals surface area (Å²) in [5.74, 6) is -0.687. The van der Waals surface area contributed by atoms with Gasteiger partial charge in [-0.2, -0.15) is 5.26 Å². The van der Waals surface area contributed by atoms with Crippen LogP contribution in [0.5, 0.6) is 0 Å². The number of benzene rings is 1. The quantitative estimate of drug-likeness (QED) is 0.499. The molecule has 1 rings (SSSR count). The summed E-state index contributed by atoms with van der Waals surface area (Å²) in [4.78, 5) is 11.8. The summed E-state index contributed by atoms with van der Waals surface area (Å²) in [6, 6.07) is 10.7. The number of ether oxygens (including phenoxy) is 1. The highest BCUT2D eigenvalue weighted by molar-refractivity contribution is 5.96. The number of carbonyl (C=O) groups is 1. The van der Waals surface area contributed by atoms with Crippen molar-refractivity contribution in [1.82, 2.24) is 0 Å². The van der Waals surface area contributed by atoms with E-state index in [0.717, 1.165) is 5.56 Å². The molecular formula is C14H15NO3. The molecule has 1 atom stereocenters. The Bertz CT molecular complexity index is 484. The lowest BCUT2D eigenvalue weighted by atomic mass is 9.95. The van der Waals surface area contributed by atoms with Crippen molar-refractivity contribution in [2.24, 2.45) is 0 Å². The zero-order chi connectivity index (χ0) is 13.6. The smallest absolute Gasteiger partial charge is 0.338 e. The lowest BCUT2D eigenvalue weighted by Gasteiger charge is -2.17. The van der Waals surface area contributed by atoms with E-state index in [0.29, 0.717) is 0 Å². The van der Waals surface area contributed by atoms with Crippen molar-refractivity contribution in [3.05, 3.63) is 41.5 Å². The summed E-state index contributed by atoms with van der Waals surface area (Å²) < 4.78 is 4.85. The van der Waals surface area contributed by atoms with Crippen LogP contribution in [0.3, 0.4) is 0 Å². The average Bonchev–Trinajstić information content (AvgIpc) is 2.37. The normalized spacial score (nSPS) is 14.4. The molecule has 1 unspecified atom stereocenters. The molecule has 0 aliphatic heterocycles. The van der Waals surface area contributed by atoms with Crippen molar-refractivity contribution in [2.75, 3.05) is 6.61 Å². The number of rotatable bonds is 4. The van der Waals surface area contributed by atoms with E-state index in [9.17, 15) is 9.90 Å². The van der Waals surface area contributed by atoms with Crippen LogP contribution in [0.1, 0.15) is 19.4 Å². The zero-order valence-corrected chi connectivity index (χ0v) is 10.4. The molecular weight excluding hydrogens is 230 g/mol. The summed E-state index contributed by atoms with van der Waals surface area (Å²) in [5, 5.41) is 18.8. The Morgan fingerprint density at radius 2 is 2.11 bits per heavy atom. The number of hydrogen-bond acceptors (Lipinski definition) is 4. The number of nitriles is 1. The molecule has 18 heavy (non-hydrogen) atoms. The highest BCUT2D eigenvalue weighted by Crippen LogP contribution is 2.20. The molecule has 4 nitrogen and oxygen atoms in total. The van der Waals surface area contributed by atoms with Gasteiger partial charge in [-0.05, 0) is 25.5 Å². The number of hydrogen-bond donors (Lipinski definition) is 1. The zero-order valence-electron chi connectivity index (χ0n) is 10.4. The fourth-order valence-corrected chi connectivity index (χ4v) is 1.38. The van der Waals surface area contributed by atoms with Gasteiger partial charge in [-0.15, -0.1) is 0 Å². The molecule has 0 saturated carbocycles. The first-order valence-electron chi connectivity index (χ1n) is 5.59.